The summed E-state index contributed by atoms with van der Waals surface area (Å²) in [6.45, 7) is -0.0287. The molecule has 0 amide bonds. The first kappa shape index (κ1) is 16.7. The van der Waals surface area contributed by atoms with E-state index in [9.17, 15) is 18.0 Å². The van der Waals surface area contributed by atoms with Crippen molar-refractivity contribution in [3.63, 3.8) is 0 Å². The predicted molar refractivity (Wildman–Crippen MR) is 64.6 cm³/mol. The Hall–Kier alpha value is -1.33. The number of rotatable bonds is 5. The summed E-state index contributed by atoms with van der Waals surface area (Å²) in [6.07, 6.45) is -3.65. The average molecular weight is 293 g/mol. The SMILES string of the molecule is COC(=O)CC1CC(NCC(F)(F)F)CN(CC#N)C1. The number of esters is 1. The molecular formula is C12H18F3N3O2. The highest BCUT2D eigenvalue weighted by molar-refractivity contribution is 5.69. The molecule has 0 bridgehead atoms. The van der Waals surface area contributed by atoms with Crippen LogP contribution < -0.4 is 5.32 Å². The maximum absolute atomic E-state index is 12.2. The lowest BCUT2D eigenvalue weighted by atomic mass is 9.91. The second kappa shape index (κ2) is 7.45. The van der Waals surface area contributed by atoms with E-state index in [1.54, 1.807) is 4.90 Å². The molecule has 2 atom stereocenters. The van der Waals surface area contributed by atoms with Crippen LogP contribution in [-0.4, -0.2) is 56.4 Å². The molecule has 1 heterocycles. The fourth-order valence-electron chi connectivity index (χ4n) is 2.41. The van der Waals surface area contributed by atoms with Crippen molar-refractivity contribution in [1.29, 1.82) is 5.26 Å². The van der Waals surface area contributed by atoms with Crippen LogP contribution in [0.1, 0.15) is 12.8 Å². The number of likely N-dealkylation sites (tertiary alicyclic amines) is 1. The molecule has 0 saturated carbocycles. The van der Waals surface area contributed by atoms with Crippen LogP contribution in [0, 0.1) is 17.2 Å². The maximum Gasteiger partial charge on any atom is 0.401 e. The van der Waals surface area contributed by atoms with E-state index in [0.717, 1.165) is 0 Å². The molecule has 0 spiro atoms. The van der Waals surface area contributed by atoms with Gasteiger partial charge in [0.25, 0.3) is 0 Å². The number of halogens is 3. The van der Waals surface area contributed by atoms with Gasteiger partial charge in [0.2, 0.25) is 0 Å². The third-order valence-corrected chi connectivity index (χ3v) is 3.18. The second-order valence-electron chi connectivity index (χ2n) is 4.93. The van der Waals surface area contributed by atoms with E-state index in [-0.39, 0.29) is 30.9 Å². The summed E-state index contributed by atoms with van der Waals surface area (Å²) < 4.78 is 41.2. The number of carbonyl (C=O) groups excluding carboxylic acids is 1. The topological polar surface area (TPSA) is 65.4 Å². The fraction of sp³-hybridized carbons (Fsp3) is 0.833. The Bertz CT molecular complexity index is 368. The smallest absolute Gasteiger partial charge is 0.401 e. The summed E-state index contributed by atoms with van der Waals surface area (Å²) in [5.74, 6) is -0.487. The molecule has 114 valence electrons. The van der Waals surface area contributed by atoms with Crippen LogP contribution in [0.25, 0.3) is 0 Å². The summed E-state index contributed by atoms with van der Waals surface area (Å²) in [4.78, 5) is 13.0. The van der Waals surface area contributed by atoms with Crippen molar-refractivity contribution in [2.45, 2.75) is 25.1 Å². The van der Waals surface area contributed by atoms with Gasteiger partial charge in [0.15, 0.2) is 0 Å². The summed E-state index contributed by atoms with van der Waals surface area (Å²) in [5.41, 5.74) is 0. The number of methoxy groups -OCH3 is 1. The molecule has 1 N–H and O–H groups in total. The number of ether oxygens (including phenoxy) is 1. The van der Waals surface area contributed by atoms with Crippen molar-refractivity contribution in [3.8, 4) is 6.07 Å². The second-order valence-corrected chi connectivity index (χ2v) is 4.93. The predicted octanol–water partition coefficient (Wildman–Crippen LogP) is 0.915. The highest BCUT2D eigenvalue weighted by Crippen LogP contribution is 2.21. The van der Waals surface area contributed by atoms with E-state index in [1.807, 2.05) is 6.07 Å². The average Bonchev–Trinajstić information content (AvgIpc) is 2.35. The number of hydrogen-bond donors (Lipinski definition) is 1. The zero-order valence-corrected chi connectivity index (χ0v) is 11.2. The van der Waals surface area contributed by atoms with Gasteiger partial charge in [-0.15, -0.1) is 0 Å². The van der Waals surface area contributed by atoms with Crippen LogP contribution >= 0.6 is 0 Å². The first-order chi connectivity index (χ1) is 9.34. The van der Waals surface area contributed by atoms with Crippen molar-refractivity contribution >= 4 is 5.97 Å². The fourth-order valence-corrected chi connectivity index (χ4v) is 2.41. The van der Waals surface area contributed by atoms with Crippen LogP contribution in [0.2, 0.25) is 0 Å². The Morgan fingerprint density at radius 1 is 1.50 bits per heavy atom. The van der Waals surface area contributed by atoms with Gasteiger partial charge in [-0.05, 0) is 12.3 Å². The number of nitriles is 1. The lowest BCUT2D eigenvalue weighted by Crippen LogP contribution is -2.51. The van der Waals surface area contributed by atoms with Gasteiger partial charge in [-0.3, -0.25) is 9.69 Å². The Morgan fingerprint density at radius 2 is 2.20 bits per heavy atom. The largest absolute Gasteiger partial charge is 0.469 e. The molecule has 0 aromatic heterocycles. The summed E-state index contributed by atoms with van der Waals surface area (Å²) in [7, 11) is 1.28. The molecular weight excluding hydrogens is 275 g/mol. The first-order valence-electron chi connectivity index (χ1n) is 6.30. The molecule has 2 unspecified atom stereocenters. The monoisotopic (exact) mass is 293 g/mol. The van der Waals surface area contributed by atoms with Crippen molar-refractivity contribution in [1.82, 2.24) is 10.2 Å². The van der Waals surface area contributed by atoms with Crippen LogP contribution in [0.4, 0.5) is 13.2 Å². The molecule has 0 aromatic rings. The van der Waals surface area contributed by atoms with Crippen molar-refractivity contribution in [3.05, 3.63) is 0 Å². The maximum atomic E-state index is 12.2. The number of piperidine rings is 1. The Labute approximate surface area is 115 Å². The molecule has 1 saturated heterocycles. The third kappa shape index (κ3) is 6.21. The van der Waals surface area contributed by atoms with Gasteiger partial charge in [-0.2, -0.15) is 18.4 Å². The normalized spacial score (nSPS) is 24.1. The van der Waals surface area contributed by atoms with Gasteiger partial charge >= 0.3 is 12.1 Å². The molecule has 0 aliphatic carbocycles. The number of nitrogens with one attached hydrogen (secondary N) is 1. The van der Waals surface area contributed by atoms with Crippen LogP contribution in [0.15, 0.2) is 0 Å². The van der Waals surface area contributed by atoms with E-state index in [2.05, 4.69) is 10.1 Å². The minimum absolute atomic E-state index is 0.102. The lowest BCUT2D eigenvalue weighted by molar-refractivity contribution is -0.142. The first-order valence-corrected chi connectivity index (χ1v) is 6.30. The quantitative estimate of drug-likeness (QED) is 0.603. The molecule has 5 nitrogen and oxygen atoms in total. The lowest BCUT2D eigenvalue weighted by Gasteiger charge is -2.36. The molecule has 1 rings (SSSR count). The van der Waals surface area contributed by atoms with Gasteiger partial charge in [0.05, 0.1) is 26.3 Å². The minimum atomic E-state index is -4.27. The van der Waals surface area contributed by atoms with Gasteiger partial charge < -0.3 is 10.1 Å². The van der Waals surface area contributed by atoms with E-state index in [1.165, 1.54) is 7.11 Å². The van der Waals surface area contributed by atoms with E-state index < -0.39 is 12.7 Å². The van der Waals surface area contributed by atoms with Crippen molar-refractivity contribution in [2.24, 2.45) is 5.92 Å². The number of alkyl halides is 3. The van der Waals surface area contributed by atoms with Crippen molar-refractivity contribution < 1.29 is 22.7 Å². The Kier molecular flexibility index (Phi) is 6.23. The van der Waals surface area contributed by atoms with E-state index in [0.29, 0.717) is 19.5 Å². The molecule has 20 heavy (non-hydrogen) atoms. The van der Waals surface area contributed by atoms with Crippen LogP contribution in [-0.2, 0) is 9.53 Å². The van der Waals surface area contributed by atoms with E-state index in [4.69, 9.17) is 5.26 Å². The molecule has 0 aromatic carbocycles. The van der Waals surface area contributed by atoms with Crippen LogP contribution in [0.5, 0.6) is 0 Å². The molecule has 8 heteroatoms. The highest BCUT2D eigenvalue weighted by Gasteiger charge is 2.32. The zero-order valence-electron chi connectivity index (χ0n) is 11.2. The van der Waals surface area contributed by atoms with Gasteiger partial charge in [-0.1, -0.05) is 0 Å². The van der Waals surface area contributed by atoms with Gasteiger partial charge in [0, 0.05) is 25.6 Å². The highest BCUT2D eigenvalue weighted by atomic mass is 19.4. The summed E-state index contributed by atoms with van der Waals surface area (Å²) in [5, 5.41) is 11.1. The summed E-state index contributed by atoms with van der Waals surface area (Å²) >= 11 is 0. The molecule has 1 aliphatic heterocycles. The third-order valence-electron chi connectivity index (χ3n) is 3.18. The molecule has 0 radical (unpaired) electrons. The summed E-state index contributed by atoms with van der Waals surface area (Å²) in [6, 6.07) is 1.60. The standard InChI is InChI=1S/C12H18F3N3O2/c1-20-11(19)5-9-4-10(17-8-12(13,14)15)7-18(6-9)3-2-16/h9-10,17H,3-8H2,1H3. The van der Waals surface area contributed by atoms with Crippen LogP contribution in [0.3, 0.4) is 0 Å². The molecule has 1 aliphatic rings. The van der Waals surface area contributed by atoms with Crippen molar-refractivity contribution in [2.75, 3.05) is 33.3 Å². The van der Waals surface area contributed by atoms with Gasteiger partial charge in [0.1, 0.15) is 0 Å². The Balaban J connectivity index is 2.56. The Morgan fingerprint density at radius 3 is 2.75 bits per heavy atom. The number of hydrogen-bond acceptors (Lipinski definition) is 5. The zero-order chi connectivity index (χ0) is 15.2. The minimum Gasteiger partial charge on any atom is -0.469 e. The number of nitrogens with zero attached hydrogens (tertiary/aromatic N) is 2. The number of carbonyl (C=O) groups is 1. The van der Waals surface area contributed by atoms with E-state index >= 15 is 0 Å². The molecule has 1 fully saturated rings. The van der Waals surface area contributed by atoms with Gasteiger partial charge in [-0.25, -0.2) is 0 Å².